The highest BCUT2D eigenvalue weighted by molar-refractivity contribution is 6.66. The molecular weight excluding hydrogens is 236 g/mol. The molecule has 0 amide bonds. The Labute approximate surface area is 106 Å². The SMILES string of the molecule is OCC1CCCN1B1OCc2cc(Cl)ccc21. The third-order valence-electron chi connectivity index (χ3n) is 3.70. The van der Waals surface area contributed by atoms with Gasteiger partial charge >= 0.3 is 7.05 Å². The van der Waals surface area contributed by atoms with Crippen LogP contribution in [0.3, 0.4) is 0 Å². The molecule has 1 unspecified atom stereocenters. The average Bonchev–Trinajstić information content (AvgIpc) is 2.92. The van der Waals surface area contributed by atoms with Gasteiger partial charge in [-0.05, 0) is 42.5 Å². The highest BCUT2D eigenvalue weighted by Gasteiger charge is 2.40. The van der Waals surface area contributed by atoms with Crippen LogP contribution >= 0.6 is 11.6 Å². The molecule has 1 fully saturated rings. The number of rotatable bonds is 2. The van der Waals surface area contributed by atoms with E-state index in [9.17, 15) is 5.11 Å². The minimum absolute atomic E-state index is 0.00177. The Balaban J connectivity index is 1.88. The maximum Gasteiger partial charge on any atom is 0.419 e. The molecule has 2 aliphatic rings. The highest BCUT2D eigenvalue weighted by atomic mass is 35.5. The summed E-state index contributed by atoms with van der Waals surface area (Å²) in [6.07, 6.45) is 2.19. The molecule has 0 saturated carbocycles. The largest absolute Gasteiger partial charge is 0.419 e. The van der Waals surface area contributed by atoms with Crippen LogP contribution in [0.2, 0.25) is 5.02 Å². The standard InChI is InChI=1S/C12H15BClNO2/c14-10-3-4-12-9(6-10)8-17-13(12)15-5-1-2-11(15)7-16/h3-4,6,11,16H,1-2,5,7-8H2. The Morgan fingerprint density at radius 3 is 3.24 bits per heavy atom. The van der Waals surface area contributed by atoms with Gasteiger partial charge in [0, 0.05) is 11.1 Å². The van der Waals surface area contributed by atoms with Gasteiger partial charge in [-0.3, -0.25) is 0 Å². The fraction of sp³-hybridized carbons (Fsp3) is 0.500. The minimum Gasteiger partial charge on any atom is -0.413 e. The number of nitrogens with zero attached hydrogens (tertiary/aromatic N) is 1. The lowest BCUT2D eigenvalue weighted by Gasteiger charge is -2.26. The predicted molar refractivity (Wildman–Crippen MR) is 68.4 cm³/mol. The fourth-order valence-corrected chi connectivity index (χ4v) is 3.03. The Morgan fingerprint density at radius 1 is 1.53 bits per heavy atom. The second-order valence-corrected chi connectivity index (χ2v) is 5.16. The zero-order valence-corrected chi connectivity index (χ0v) is 10.4. The molecule has 2 heterocycles. The number of aliphatic hydroxyl groups is 1. The van der Waals surface area contributed by atoms with Crippen LogP contribution in [-0.4, -0.2) is 36.2 Å². The smallest absolute Gasteiger partial charge is 0.413 e. The normalized spacial score (nSPS) is 24.4. The van der Waals surface area contributed by atoms with Gasteiger partial charge in [0.25, 0.3) is 0 Å². The zero-order valence-electron chi connectivity index (χ0n) is 9.60. The van der Waals surface area contributed by atoms with Gasteiger partial charge in [0.15, 0.2) is 0 Å². The van der Waals surface area contributed by atoms with Crippen molar-refractivity contribution in [3.05, 3.63) is 28.8 Å². The van der Waals surface area contributed by atoms with Crippen LogP contribution in [0, 0.1) is 0 Å². The molecule has 0 radical (unpaired) electrons. The van der Waals surface area contributed by atoms with Crippen LogP contribution < -0.4 is 5.46 Å². The van der Waals surface area contributed by atoms with Crippen molar-refractivity contribution in [2.45, 2.75) is 25.5 Å². The van der Waals surface area contributed by atoms with E-state index in [2.05, 4.69) is 4.81 Å². The molecule has 5 heteroatoms. The molecule has 1 aromatic carbocycles. The molecule has 0 bridgehead atoms. The first kappa shape index (κ1) is 11.5. The van der Waals surface area contributed by atoms with E-state index in [0.717, 1.165) is 24.4 Å². The van der Waals surface area contributed by atoms with Crippen molar-refractivity contribution in [1.82, 2.24) is 4.81 Å². The lowest BCUT2D eigenvalue weighted by Crippen LogP contribution is -2.51. The van der Waals surface area contributed by atoms with Crippen LogP contribution in [0.5, 0.6) is 0 Å². The van der Waals surface area contributed by atoms with Gasteiger partial charge in [0.1, 0.15) is 0 Å². The molecule has 1 N–H and O–H groups in total. The lowest BCUT2D eigenvalue weighted by molar-refractivity contribution is 0.190. The minimum atomic E-state index is 0.00177. The van der Waals surface area contributed by atoms with Crippen molar-refractivity contribution in [2.24, 2.45) is 0 Å². The van der Waals surface area contributed by atoms with E-state index >= 15 is 0 Å². The third-order valence-corrected chi connectivity index (χ3v) is 3.94. The van der Waals surface area contributed by atoms with E-state index in [1.165, 1.54) is 11.0 Å². The summed E-state index contributed by atoms with van der Waals surface area (Å²) in [6.45, 7) is 1.83. The summed E-state index contributed by atoms with van der Waals surface area (Å²) < 4.78 is 5.85. The Morgan fingerprint density at radius 2 is 2.41 bits per heavy atom. The van der Waals surface area contributed by atoms with Crippen molar-refractivity contribution in [3.8, 4) is 0 Å². The number of aliphatic hydroxyl groups excluding tert-OH is 1. The number of hydrogen-bond acceptors (Lipinski definition) is 3. The van der Waals surface area contributed by atoms with Gasteiger partial charge in [0.05, 0.1) is 13.2 Å². The topological polar surface area (TPSA) is 32.7 Å². The first-order valence-corrected chi connectivity index (χ1v) is 6.44. The van der Waals surface area contributed by atoms with Gasteiger partial charge in [-0.25, -0.2) is 0 Å². The van der Waals surface area contributed by atoms with Gasteiger partial charge in [-0.2, -0.15) is 0 Å². The number of halogens is 1. The Kier molecular flexibility index (Phi) is 3.13. The van der Waals surface area contributed by atoms with Gasteiger partial charge < -0.3 is 14.6 Å². The summed E-state index contributed by atoms with van der Waals surface area (Å²) in [5.74, 6) is 0. The average molecular weight is 252 g/mol. The van der Waals surface area contributed by atoms with Crippen molar-refractivity contribution >= 4 is 24.1 Å². The van der Waals surface area contributed by atoms with Crippen LogP contribution in [0.15, 0.2) is 18.2 Å². The molecule has 2 aliphatic heterocycles. The van der Waals surface area contributed by atoms with Crippen molar-refractivity contribution in [3.63, 3.8) is 0 Å². The quantitative estimate of drug-likeness (QED) is 0.797. The summed E-state index contributed by atoms with van der Waals surface area (Å²) >= 11 is 5.98. The van der Waals surface area contributed by atoms with E-state index < -0.39 is 0 Å². The molecule has 0 aromatic heterocycles. The highest BCUT2D eigenvalue weighted by Crippen LogP contribution is 2.24. The third kappa shape index (κ3) is 1.99. The second-order valence-electron chi connectivity index (χ2n) is 4.72. The van der Waals surface area contributed by atoms with Crippen LogP contribution in [0.4, 0.5) is 0 Å². The van der Waals surface area contributed by atoms with Crippen LogP contribution in [-0.2, 0) is 11.3 Å². The Hall–Kier alpha value is -0.545. The van der Waals surface area contributed by atoms with Crippen LogP contribution in [0.25, 0.3) is 0 Å². The summed E-state index contributed by atoms with van der Waals surface area (Å²) in [7, 11) is 0.00177. The summed E-state index contributed by atoms with van der Waals surface area (Å²) in [5, 5.41) is 10.1. The Bertz CT molecular complexity index is 429. The molecule has 1 atom stereocenters. The van der Waals surface area contributed by atoms with Crippen molar-refractivity contribution in [2.75, 3.05) is 13.2 Å². The maximum absolute atomic E-state index is 9.37. The lowest BCUT2D eigenvalue weighted by atomic mass is 9.71. The summed E-state index contributed by atoms with van der Waals surface area (Å²) in [4.78, 5) is 2.26. The summed E-state index contributed by atoms with van der Waals surface area (Å²) in [6, 6.07) is 6.16. The van der Waals surface area contributed by atoms with Gasteiger partial charge in [0.2, 0.25) is 0 Å². The zero-order chi connectivity index (χ0) is 11.8. The molecule has 1 saturated heterocycles. The number of hydrogen-bond donors (Lipinski definition) is 1. The predicted octanol–water partition coefficient (Wildman–Crippen LogP) is 1.02. The molecule has 3 nitrogen and oxygen atoms in total. The van der Waals surface area contributed by atoms with Gasteiger partial charge in [-0.1, -0.05) is 17.7 Å². The van der Waals surface area contributed by atoms with E-state index in [0.29, 0.717) is 6.61 Å². The molecule has 90 valence electrons. The van der Waals surface area contributed by atoms with Crippen LogP contribution in [0.1, 0.15) is 18.4 Å². The molecular formula is C12H15BClNO2. The number of benzene rings is 1. The second kappa shape index (κ2) is 4.61. The van der Waals surface area contributed by atoms with E-state index in [1.807, 2.05) is 18.2 Å². The first-order valence-electron chi connectivity index (χ1n) is 6.06. The van der Waals surface area contributed by atoms with Crippen molar-refractivity contribution in [1.29, 1.82) is 0 Å². The van der Waals surface area contributed by atoms with E-state index in [1.54, 1.807) is 0 Å². The molecule has 17 heavy (non-hydrogen) atoms. The van der Waals surface area contributed by atoms with Crippen molar-refractivity contribution < 1.29 is 9.76 Å². The first-order chi connectivity index (χ1) is 8.29. The molecule has 1 aromatic rings. The number of fused-ring (bicyclic) bond motifs is 1. The fourth-order valence-electron chi connectivity index (χ4n) is 2.84. The maximum atomic E-state index is 9.37. The summed E-state index contributed by atoms with van der Waals surface area (Å²) in [5.41, 5.74) is 2.38. The molecule has 3 rings (SSSR count). The monoisotopic (exact) mass is 251 g/mol. The van der Waals surface area contributed by atoms with Gasteiger partial charge in [-0.15, -0.1) is 0 Å². The van der Waals surface area contributed by atoms with E-state index in [-0.39, 0.29) is 19.7 Å². The molecule has 0 spiro atoms. The van der Waals surface area contributed by atoms with E-state index in [4.69, 9.17) is 16.3 Å². The molecule has 0 aliphatic carbocycles.